The third-order valence-electron chi connectivity index (χ3n) is 6.83. The SMILES string of the molecule is c1c[nH]c(C2(c3cn4ccccc4n3)NC(c3nc4ccccc4[nH]3)=C(c3ncc[nH]3)N2c2ccsn2)c1. The predicted molar refractivity (Wildman–Crippen MR) is 146 cm³/mol. The van der Waals surface area contributed by atoms with Crippen molar-refractivity contribution in [2.24, 2.45) is 0 Å². The Morgan fingerprint density at radius 2 is 1.82 bits per heavy atom. The topological polar surface area (TPSA) is 119 Å². The van der Waals surface area contributed by atoms with Gasteiger partial charge in [-0.15, -0.1) is 0 Å². The van der Waals surface area contributed by atoms with Crippen LogP contribution < -0.4 is 10.2 Å². The first-order valence-corrected chi connectivity index (χ1v) is 12.9. The van der Waals surface area contributed by atoms with E-state index in [1.54, 1.807) is 6.20 Å². The fourth-order valence-corrected chi connectivity index (χ4v) is 5.71. The second-order valence-corrected chi connectivity index (χ2v) is 9.63. The maximum absolute atomic E-state index is 5.10. The molecule has 8 rings (SSSR count). The van der Waals surface area contributed by atoms with E-state index in [2.05, 4.69) is 36.2 Å². The third-order valence-corrected chi connectivity index (χ3v) is 7.38. The van der Waals surface area contributed by atoms with E-state index in [0.29, 0.717) is 11.6 Å². The van der Waals surface area contributed by atoms with Crippen LogP contribution in [0.2, 0.25) is 0 Å². The molecule has 0 radical (unpaired) electrons. The number of rotatable bonds is 5. The number of benzene rings is 1. The number of aromatic nitrogens is 8. The fraction of sp³-hybridized carbons (Fsp3) is 0.0370. The van der Waals surface area contributed by atoms with Gasteiger partial charge in [-0.25, -0.2) is 15.0 Å². The van der Waals surface area contributed by atoms with Crippen LogP contribution >= 0.6 is 11.5 Å². The van der Waals surface area contributed by atoms with Gasteiger partial charge in [-0.05, 0) is 54.0 Å². The minimum absolute atomic E-state index is 0.679. The summed E-state index contributed by atoms with van der Waals surface area (Å²) in [6.45, 7) is 0. The van der Waals surface area contributed by atoms with E-state index in [-0.39, 0.29) is 0 Å². The number of nitrogens with zero attached hydrogens (tertiary/aromatic N) is 6. The summed E-state index contributed by atoms with van der Waals surface area (Å²) < 4.78 is 6.81. The molecule has 1 atom stereocenters. The molecular weight excluding hydrogens is 496 g/mol. The standard InChI is InChI=1S/C27H20N10S/c1-2-7-18-17(6-1)31-25(32-18)23-24(26-29-12-13-30-26)37(22-10-15-38-35-22)27(34-23,19-8-5-11-28-19)20-16-36-14-4-3-9-21(36)33-20/h1-16,28,34H,(H,29,30)(H,31,32). The Labute approximate surface area is 219 Å². The van der Waals surface area contributed by atoms with Crippen LogP contribution in [0.5, 0.6) is 0 Å². The number of hydrogen-bond acceptors (Lipinski definition) is 7. The van der Waals surface area contributed by atoms with Crippen molar-refractivity contribution >= 4 is 45.4 Å². The van der Waals surface area contributed by atoms with Crippen LogP contribution in [-0.4, -0.2) is 38.7 Å². The van der Waals surface area contributed by atoms with Gasteiger partial charge >= 0.3 is 0 Å². The molecule has 0 amide bonds. The molecule has 1 aromatic carbocycles. The highest BCUT2D eigenvalue weighted by atomic mass is 32.1. The molecular formula is C27H20N10S. The second-order valence-electron chi connectivity index (χ2n) is 8.97. The second kappa shape index (κ2) is 7.92. The zero-order valence-electron chi connectivity index (χ0n) is 19.8. The summed E-state index contributed by atoms with van der Waals surface area (Å²) >= 11 is 1.39. The van der Waals surface area contributed by atoms with Crippen molar-refractivity contribution < 1.29 is 0 Å². The van der Waals surface area contributed by atoms with E-state index in [1.807, 2.05) is 89.2 Å². The number of para-hydroxylation sites is 2. The Bertz CT molecular complexity index is 1840. The van der Waals surface area contributed by atoms with Crippen LogP contribution in [0.15, 0.2) is 97.0 Å². The molecule has 1 aliphatic heterocycles. The lowest BCUT2D eigenvalue weighted by Crippen LogP contribution is -2.51. The van der Waals surface area contributed by atoms with Gasteiger partial charge in [0.2, 0.25) is 5.66 Å². The lowest BCUT2D eigenvalue weighted by atomic mass is 10.0. The number of nitrogens with one attached hydrogen (secondary N) is 4. The quantitative estimate of drug-likeness (QED) is 0.266. The monoisotopic (exact) mass is 516 g/mol. The first-order valence-electron chi connectivity index (χ1n) is 12.1. The highest BCUT2D eigenvalue weighted by Crippen LogP contribution is 2.48. The summed E-state index contributed by atoms with van der Waals surface area (Å²) in [5.74, 6) is 2.12. The summed E-state index contributed by atoms with van der Waals surface area (Å²) in [5.41, 5.74) is 4.92. The van der Waals surface area contributed by atoms with Crippen molar-refractivity contribution in [3.8, 4) is 0 Å². The largest absolute Gasteiger partial charge is 0.361 e. The zero-order chi connectivity index (χ0) is 25.1. The molecule has 0 aliphatic carbocycles. The zero-order valence-corrected chi connectivity index (χ0v) is 20.6. The van der Waals surface area contributed by atoms with Crippen molar-refractivity contribution in [1.29, 1.82) is 0 Å². The molecule has 38 heavy (non-hydrogen) atoms. The lowest BCUT2D eigenvalue weighted by Gasteiger charge is -2.38. The number of hydrogen-bond donors (Lipinski definition) is 4. The van der Waals surface area contributed by atoms with E-state index >= 15 is 0 Å². The van der Waals surface area contributed by atoms with E-state index in [0.717, 1.165) is 45.3 Å². The van der Waals surface area contributed by atoms with Crippen LogP contribution in [-0.2, 0) is 5.66 Å². The molecule has 7 heterocycles. The minimum atomic E-state index is -0.986. The number of anilines is 1. The van der Waals surface area contributed by atoms with Gasteiger partial charge < -0.3 is 24.7 Å². The van der Waals surface area contributed by atoms with Crippen LogP contribution in [0.25, 0.3) is 28.1 Å². The number of pyridine rings is 1. The van der Waals surface area contributed by atoms with Crippen molar-refractivity contribution in [3.63, 3.8) is 0 Å². The molecule has 0 bridgehead atoms. The normalized spacial score (nSPS) is 17.6. The maximum Gasteiger partial charge on any atom is 0.203 e. The van der Waals surface area contributed by atoms with Gasteiger partial charge in [0.25, 0.3) is 0 Å². The van der Waals surface area contributed by atoms with Crippen LogP contribution in [0.3, 0.4) is 0 Å². The van der Waals surface area contributed by atoms with Crippen molar-refractivity contribution in [3.05, 3.63) is 120 Å². The Morgan fingerprint density at radius 3 is 2.61 bits per heavy atom. The van der Waals surface area contributed by atoms with Gasteiger partial charge in [0, 0.05) is 36.4 Å². The molecule has 6 aromatic heterocycles. The van der Waals surface area contributed by atoms with E-state index in [1.165, 1.54) is 11.5 Å². The summed E-state index contributed by atoms with van der Waals surface area (Å²) in [7, 11) is 0. The van der Waals surface area contributed by atoms with Gasteiger partial charge in [-0.2, -0.15) is 4.37 Å². The number of aromatic amines is 3. The molecule has 1 aliphatic rings. The van der Waals surface area contributed by atoms with Crippen LogP contribution in [0, 0.1) is 0 Å². The van der Waals surface area contributed by atoms with E-state index in [9.17, 15) is 0 Å². The Morgan fingerprint density at radius 1 is 0.868 bits per heavy atom. The Balaban J connectivity index is 1.47. The van der Waals surface area contributed by atoms with E-state index < -0.39 is 5.66 Å². The molecule has 4 N–H and O–H groups in total. The summed E-state index contributed by atoms with van der Waals surface area (Å²) in [6.07, 6.45) is 9.52. The predicted octanol–water partition coefficient (Wildman–Crippen LogP) is 4.56. The molecule has 7 aromatic rings. The number of fused-ring (bicyclic) bond motifs is 2. The van der Waals surface area contributed by atoms with Crippen molar-refractivity contribution in [1.82, 2.24) is 44.0 Å². The van der Waals surface area contributed by atoms with Gasteiger partial charge in [-0.3, -0.25) is 4.90 Å². The summed E-state index contributed by atoms with van der Waals surface area (Å²) in [5, 5.41) is 5.82. The molecule has 0 saturated heterocycles. The fourth-order valence-electron chi connectivity index (χ4n) is 5.21. The highest BCUT2D eigenvalue weighted by molar-refractivity contribution is 7.03. The molecule has 0 spiro atoms. The van der Waals surface area contributed by atoms with Gasteiger partial charge in [-0.1, -0.05) is 18.2 Å². The summed E-state index contributed by atoms with van der Waals surface area (Å²) in [6, 6.07) is 20.0. The number of H-pyrrole nitrogens is 3. The van der Waals surface area contributed by atoms with Crippen LogP contribution in [0.4, 0.5) is 5.82 Å². The minimum Gasteiger partial charge on any atom is -0.361 e. The first-order chi connectivity index (χ1) is 18.8. The van der Waals surface area contributed by atoms with Gasteiger partial charge in [0.05, 0.1) is 16.7 Å². The van der Waals surface area contributed by atoms with Gasteiger partial charge in [0.15, 0.2) is 11.6 Å². The molecule has 1 unspecified atom stereocenters. The average molecular weight is 517 g/mol. The van der Waals surface area contributed by atoms with Crippen molar-refractivity contribution in [2.45, 2.75) is 5.66 Å². The highest BCUT2D eigenvalue weighted by Gasteiger charge is 2.53. The van der Waals surface area contributed by atoms with Gasteiger partial charge in [0.1, 0.15) is 28.6 Å². The number of imidazole rings is 3. The first kappa shape index (κ1) is 21.0. The molecule has 11 heteroatoms. The average Bonchev–Trinajstić information content (AvgIpc) is 3.76. The summed E-state index contributed by atoms with van der Waals surface area (Å²) in [4.78, 5) is 27.1. The third kappa shape index (κ3) is 2.93. The van der Waals surface area contributed by atoms with Crippen molar-refractivity contribution in [2.75, 3.05) is 4.90 Å². The smallest absolute Gasteiger partial charge is 0.203 e. The lowest BCUT2D eigenvalue weighted by molar-refractivity contribution is 0.473. The Kier molecular flexibility index (Phi) is 4.37. The molecule has 0 saturated carbocycles. The van der Waals surface area contributed by atoms with E-state index in [4.69, 9.17) is 14.3 Å². The van der Waals surface area contributed by atoms with Crippen LogP contribution in [0.1, 0.15) is 23.0 Å². The Hall–Kier alpha value is -5.16. The maximum atomic E-state index is 5.10. The molecule has 0 fully saturated rings. The molecule has 184 valence electrons. The molecule has 10 nitrogen and oxygen atoms in total.